The summed E-state index contributed by atoms with van der Waals surface area (Å²) in [5.41, 5.74) is 2.85. The molecule has 0 N–H and O–H groups in total. The topological polar surface area (TPSA) is 78.7 Å². The molecule has 0 spiro atoms. The van der Waals surface area contributed by atoms with Crippen molar-refractivity contribution in [3.8, 4) is 16.9 Å². The molecule has 4 aromatic rings. The van der Waals surface area contributed by atoms with Crippen LogP contribution < -0.4 is 4.74 Å². The fourth-order valence-corrected chi connectivity index (χ4v) is 5.21. The van der Waals surface area contributed by atoms with E-state index in [1.54, 1.807) is 12.1 Å². The Morgan fingerprint density at radius 3 is 2.43 bits per heavy atom. The van der Waals surface area contributed by atoms with E-state index in [0.29, 0.717) is 22.8 Å². The molecule has 0 aliphatic heterocycles. The average Bonchev–Trinajstić information content (AvgIpc) is 3.53. The van der Waals surface area contributed by atoms with Crippen LogP contribution in [0.25, 0.3) is 21.2 Å². The monoisotopic (exact) mass is 491 g/mol. The van der Waals surface area contributed by atoms with Crippen LogP contribution >= 0.6 is 11.3 Å². The van der Waals surface area contributed by atoms with Gasteiger partial charge in [0, 0.05) is 26.6 Å². The molecule has 0 unspecified atom stereocenters. The van der Waals surface area contributed by atoms with Crippen LogP contribution in [0.3, 0.4) is 0 Å². The number of ether oxygens (including phenoxy) is 1. The summed E-state index contributed by atoms with van der Waals surface area (Å²) in [6, 6.07) is 19.2. The largest absolute Gasteiger partial charge is 0.493 e. The van der Waals surface area contributed by atoms with Crippen LogP contribution in [0.4, 0.5) is 4.39 Å². The maximum atomic E-state index is 13.6. The number of benzene rings is 3. The first-order chi connectivity index (χ1) is 16.8. The van der Waals surface area contributed by atoms with Gasteiger partial charge >= 0.3 is 0 Å². The smallest absolute Gasteiger partial charge is 0.294 e. The Balaban J connectivity index is 1.49. The summed E-state index contributed by atoms with van der Waals surface area (Å²) in [7, 11) is 0. The van der Waals surface area contributed by atoms with Crippen LogP contribution in [0.5, 0.6) is 5.75 Å². The number of thiophene rings is 1. The van der Waals surface area contributed by atoms with Gasteiger partial charge in [-0.15, -0.1) is 21.5 Å². The molecule has 8 heteroatoms. The highest BCUT2D eigenvalue weighted by molar-refractivity contribution is 7.21. The predicted molar refractivity (Wildman–Crippen MR) is 132 cm³/mol. The Morgan fingerprint density at radius 1 is 1.06 bits per heavy atom. The number of hydrogen-bond donors (Lipinski definition) is 0. The lowest BCUT2D eigenvalue weighted by Crippen LogP contribution is -2.21. The van der Waals surface area contributed by atoms with Gasteiger partial charge in [0.1, 0.15) is 18.2 Å². The molecule has 0 atom stereocenters. The van der Waals surface area contributed by atoms with Crippen molar-refractivity contribution in [3.63, 3.8) is 0 Å². The summed E-state index contributed by atoms with van der Waals surface area (Å²) >= 11 is 1.37. The lowest BCUT2D eigenvalue weighted by molar-refractivity contribution is -0.760. The number of halogens is 1. The Morgan fingerprint density at radius 2 is 1.77 bits per heavy atom. The van der Waals surface area contributed by atoms with E-state index in [1.165, 1.54) is 23.5 Å². The minimum Gasteiger partial charge on any atom is -0.493 e. The summed E-state index contributed by atoms with van der Waals surface area (Å²) < 4.78 is 20.5. The number of aryl methyl sites for hydroxylation is 1. The van der Waals surface area contributed by atoms with Gasteiger partial charge in [0.25, 0.3) is 5.09 Å². The lowest BCUT2D eigenvalue weighted by atomic mass is 9.98. The molecule has 1 aliphatic rings. The molecule has 1 fully saturated rings. The standard InChI is InChI=1S/C27H22FNO5S/c1-17-2-4-19(5-3-17)25(30)26-24(18-6-8-20(28)9-7-18)22-11-10-21(14-23(22)35-26)33-15-27(12-13-27)16-34-29(31)32/h2-11,14H,12-13,15-16H2,1H3. The molecule has 5 rings (SSSR count). The Hall–Kier alpha value is -3.78. The molecule has 178 valence electrons. The van der Waals surface area contributed by atoms with Gasteiger partial charge in [-0.3, -0.25) is 4.79 Å². The minimum atomic E-state index is -0.776. The average molecular weight is 492 g/mol. The summed E-state index contributed by atoms with van der Waals surface area (Å²) in [6.45, 7) is 2.30. The first kappa shape index (κ1) is 23.0. The number of carbonyl (C=O) groups is 1. The molecule has 1 heterocycles. The Labute approximate surface area is 205 Å². The van der Waals surface area contributed by atoms with Gasteiger partial charge in [0.05, 0.1) is 11.5 Å². The van der Waals surface area contributed by atoms with Crippen LogP contribution in [0.1, 0.15) is 33.6 Å². The van der Waals surface area contributed by atoms with Crippen molar-refractivity contribution in [2.45, 2.75) is 19.8 Å². The summed E-state index contributed by atoms with van der Waals surface area (Å²) in [5, 5.41) is 10.6. The van der Waals surface area contributed by atoms with Crippen LogP contribution in [0.2, 0.25) is 0 Å². The first-order valence-corrected chi connectivity index (χ1v) is 12.0. The van der Waals surface area contributed by atoms with Crippen LogP contribution in [0, 0.1) is 28.3 Å². The van der Waals surface area contributed by atoms with Gasteiger partial charge in [-0.25, -0.2) is 4.39 Å². The van der Waals surface area contributed by atoms with Crippen molar-refractivity contribution < 1.29 is 23.8 Å². The van der Waals surface area contributed by atoms with E-state index in [1.807, 2.05) is 49.4 Å². The quantitative estimate of drug-likeness (QED) is 0.149. The van der Waals surface area contributed by atoms with Crippen molar-refractivity contribution in [3.05, 3.63) is 98.7 Å². The second-order valence-electron chi connectivity index (χ2n) is 8.95. The van der Waals surface area contributed by atoms with Crippen molar-refractivity contribution in [2.24, 2.45) is 5.41 Å². The fraction of sp³-hybridized carbons (Fsp3) is 0.222. The van der Waals surface area contributed by atoms with Gasteiger partial charge in [-0.1, -0.05) is 42.0 Å². The van der Waals surface area contributed by atoms with E-state index in [0.717, 1.165) is 39.6 Å². The van der Waals surface area contributed by atoms with Crippen LogP contribution in [-0.2, 0) is 4.84 Å². The number of carbonyl (C=O) groups excluding carboxylic acids is 1. The molecule has 1 saturated carbocycles. The number of rotatable bonds is 9. The highest BCUT2D eigenvalue weighted by Gasteiger charge is 2.44. The number of hydrogen-bond acceptors (Lipinski definition) is 6. The van der Waals surface area contributed by atoms with Crippen molar-refractivity contribution in [1.82, 2.24) is 0 Å². The molecular formula is C27H22FNO5S. The van der Waals surface area contributed by atoms with Crippen molar-refractivity contribution in [1.29, 1.82) is 0 Å². The highest BCUT2D eigenvalue weighted by Crippen LogP contribution is 2.47. The molecule has 0 radical (unpaired) electrons. The SMILES string of the molecule is Cc1ccc(C(=O)c2sc3cc(OCC4(CO[N+](=O)[O-])CC4)ccc3c2-c2ccc(F)cc2)cc1. The summed E-state index contributed by atoms with van der Waals surface area (Å²) in [6.07, 6.45) is 1.62. The lowest BCUT2D eigenvalue weighted by Gasteiger charge is -2.15. The van der Waals surface area contributed by atoms with E-state index in [9.17, 15) is 19.3 Å². The predicted octanol–water partition coefficient (Wildman–Crippen LogP) is 6.61. The summed E-state index contributed by atoms with van der Waals surface area (Å²) in [4.78, 5) is 29.2. The zero-order valence-corrected chi connectivity index (χ0v) is 19.8. The Bertz CT molecular complexity index is 1410. The second-order valence-corrected chi connectivity index (χ2v) is 10.0. The van der Waals surface area contributed by atoms with Gasteiger partial charge < -0.3 is 9.57 Å². The van der Waals surface area contributed by atoms with E-state index >= 15 is 0 Å². The normalized spacial score (nSPS) is 14.0. The van der Waals surface area contributed by atoms with E-state index in [2.05, 4.69) is 4.84 Å². The third kappa shape index (κ3) is 4.88. The van der Waals surface area contributed by atoms with E-state index in [-0.39, 0.29) is 23.6 Å². The van der Waals surface area contributed by atoms with Gasteiger partial charge in [-0.2, -0.15) is 0 Å². The minimum absolute atomic E-state index is 0.0190. The molecule has 0 bridgehead atoms. The molecule has 35 heavy (non-hydrogen) atoms. The number of nitrogens with zero attached hydrogens (tertiary/aromatic N) is 1. The van der Waals surface area contributed by atoms with E-state index in [4.69, 9.17) is 4.74 Å². The molecular weight excluding hydrogens is 469 g/mol. The van der Waals surface area contributed by atoms with Gasteiger partial charge in [0.2, 0.25) is 5.78 Å². The van der Waals surface area contributed by atoms with E-state index < -0.39 is 5.09 Å². The molecule has 1 aromatic heterocycles. The molecule has 1 aliphatic carbocycles. The molecule has 6 nitrogen and oxygen atoms in total. The molecule has 0 saturated heterocycles. The third-order valence-electron chi connectivity index (χ3n) is 6.29. The second kappa shape index (κ2) is 9.11. The zero-order chi connectivity index (χ0) is 24.6. The first-order valence-electron chi connectivity index (χ1n) is 11.2. The van der Waals surface area contributed by atoms with Crippen LogP contribution in [-0.4, -0.2) is 24.1 Å². The highest BCUT2D eigenvalue weighted by atomic mass is 32.1. The fourth-order valence-electron chi connectivity index (χ4n) is 4.00. The van der Waals surface area contributed by atoms with Gasteiger partial charge in [0.15, 0.2) is 0 Å². The van der Waals surface area contributed by atoms with Gasteiger partial charge in [-0.05, 0) is 55.7 Å². The summed E-state index contributed by atoms with van der Waals surface area (Å²) in [5.74, 6) is 0.179. The van der Waals surface area contributed by atoms with Crippen molar-refractivity contribution in [2.75, 3.05) is 13.2 Å². The maximum Gasteiger partial charge on any atom is 0.294 e. The maximum absolute atomic E-state index is 13.6. The van der Waals surface area contributed by atoms with Crippen LogP contribution in [0.15, 0.2) is 66.7 Å². The Kier molecular flexibility index (Phi) is 5.98. The molecule has 3 aromatic carbocycles. The van der Waals surface area contributed by atoms with Crippen molar-refractivity contribution >= 4 is 27.2 Å². The third-order valence-corrected chi connectivity index (χ3v) is 7.44. The number of fused-ring (bicyclic) bond motifs is 1. The number of ketones is 1. The zero-order valence-electron chi connectivity index (χ0n) is 19.0. The molecule has 0 amide bonds.